The van der Waals surface area contributed by atoms with Crippen molar-refractivity contribution in [2.45, 2.75) is 31.8 Å². The molecule has 0 radical (unpaired) electrons. The molecule has 3 atom stereocenters. The fraction of sp³-hybridized carbons (Fsp3) is 0.529. The summed E-state index contributed by atoms with van der Waals surface area (Å²) in [5.41, 5.74) is 2.17. The summed E-state index contributed by atoms with van der Waals surface area (Å²) in [6.07, 6.45) is 3.54. The zero-order valence-electron chi connectivity index (χ0n) is 12.1. The van der Waals surface area contributed by atoms with Crippen LogP contribution in [0.4, 0.5) is 0 Å². The van der Waals surface area contributed by atoms with Gasteiger partial charge < -0.3 is 5.11 Å². The van der Waals surface area contributed by atoms with Gasteiger partial charge in [0.2, 0.25) is 5.91 Å². The summed E-state index contributed by atoms with van der Waals surface area (Å²) < 4.78 is 0. The second-order valence-corrected chi connectivity index (χ2v) is 6.63. The van der Waals surface area contributed by atoms with Crippen molar-refractivity contribution in [3.8, 4) is 0 Å². The highest BCUT2D eigenvalue weighted by Crippen LogP contribution is 2.62. The Balaban J connectivity index is 1.64. The lowest BCUT2D eigenvalue weighted by molar-refractivity contribution is -0.127. The maximum absolute atomic E-state index is 12.2. The summed E-state index contributed by atoms with van der Waals surface area (Å²) in [6.45, 7) is 0. The molecule has 21 heavy (non-hydrogen) atoms. The van der Waals surface area contributed by atoms with Gasteiger partial charge in [-0.1, -0.05) is 18.6 Å². The average molecular weight is 285 g/mol. The third kappa shape index (κ3) is 1.85. The number of aliphatic hydroxyl groups is 1. The summed E-state index contributed by atoms with van der Waals surface area (Å²) in [4.78, 5) is 25.1. The van der Waals surface area contributed by atoms with Gasteiger partial charge in [-0.05, 0) is 47.8 Å². The summed E-state index contributed by atoms with van der Waals surface area (Å²) in [5.74, 6) is 1.30. The number of hydrogen-bond acceptors (Lipinski definition) is 3. The Hall–Kier alpha value is -1.68. The van der Waals surface area contributed by atoms with E-state index in [9.17, 15) is 14.7 Å². The molecule has 2 fully saturated rings. The normalized spacial score (nSPS) is 31.9. The minimum Gasteiger partial charge on any atom is -0.388 e. The molecule has 3 aliphatic rings. The van der Waals surface area contributed by atoms with Crippen molar-refractivity contribution >= 4 is 11.8 Å². The number of carbonyl (C=O) groups excluding carboxylic acids is 2. The minimum atomic E-state index is -0.471. The number of imide groups is 1. The topological polar surface area (TPSA) is 57.6 Å². The largest absolute Gasteiger partial charge is 0.388 e. The molecule has 110 valence electrons. The van der Waals surface area contributed by atoms with E-state index in [4.69, 9.17) is 0 Å². The number of hydrogen-bond donors (Lipinski definition) is 1. The summed E-state index contributed by atoms with van der Waals surface area (Å²) in [7, 11) is 1.52. The number of fused-ring (bicyclic) bond motifs is 2. The number of benzene rings is 1. The molecule has 0 aromatic heterocycles. The first-order valence-corrected chi connectivity index (χ1v) is 7.69. The van der Waals surface area contributed by atoms with Crippen molar-refractivity contribution in [2.24, 2.45) is 17.8 Å². The Morgan fingerprint density at radius 2 is 1.95 bits per heavy atom. The monoisotopic (exact) mass is 285 g/mol. The molecule has 2 aliphatic carbocycles. The lowest BCUT2D eigenvalue weighted by Crippen LogP contribution is -2.39. The number of likely N-dealkylation sites (N-methyl/N-ethyl adjacent to an activating group) is 1. The predicted molar refractivity (Wildman–Crippen MR) is 76.5 cm³/mol. The van der Waals surface area contributed by atoms with E-state index in [0.29, 0.717) is 23.3 Å². The highest BCUT2D eigenvalue weighted by atomic mass is 16.3. The average Bonchev–Trinajstić information content (AvgIpc) is 2.96. The van der Waals surface area contributed by atoms with Crippen LogP contribution in [-0.4, -0.2) is 28.9 Å². The van der Waals surface area contributed by atoms with E-state index in [0.717, 1.165) is 11.1 Å². The van der Waals surface area contributed by atoms with E-state index < -0.39 is 6.10 Å². The number of rotatable bonds is 2. The van der Waals surface area contributed by atoms with Crippen LogP contribution in [-0.2, 0) is 11.2 Å². The minimum absolute atomic E-state index is 0.169. The van der Waals surface area contributed by atoms with Crippen LogP contribution in [0, 0.1) is 17.8 Å². The molecule has 1 aromatic carbocycles. The van der Waals surface area contributed by atoms with E-state index in [1.54, 1.807) is 6.07 Å². The molecule has 3 unspecified atom stereocenters. The van der Waals surface area contributed by atoms with Gasteiger partial charge in [-0.3, -0.25) is 14.5 Å². The van der Waals surface area contributed by atoms with Crippen LogP contribution in [0.3, 0.4) is 0 Å². The molecule has 1 N–H and O–H groups in total. The molecule has 2 saturated carbocycles. The molecule has 4 rings (SSSR count). The molecule has 4 heteroatoms. The number of aliphatic hydroxyl groups excluding tert-OH is 1. The fourth-order valence-corrected chi connectivity index (χ4v) is 4.27. The molecule has 2 amide bonds. The van der Waals surface area contributed by atoms with Crippen molar-refractivity contribution in [3.63, 3.8) is 0 Å². The van der Waals surface area contributed by atoms with Crippen LogP contribution in [0.5, 0.6) is 0 Å². The summed E-state index contributed by atoms with van der Waals surface area (Å²) in [5, 5.41) is 10.6. The van der Waals surface area contributed by atoms with Crippen molar-refractivity contribution in [1.29, 1.82) is 0 Å². The Labute approximate surface area is 123 Å². The summed E-state index contributed by atoms with van der Waals surface area (Å²) >= 11 is 0. The van der Waals surface area contributed by atoms with Crippen LogP contribution in [0.1, 0.15) is 46.9 Å². The van der Waals surface area contributed by atoms with E-state index in [1.165, 1.54) is 31.2 Å². The summed E-state index contributed by atoms with van der Waals surface area (Å²) in [6, 6.07) is 5.50. The molecule has 0 spiro atoms. The maximum Gasteiger partial charge on any atom is 0.260 e. The second kappa shape index (κ2) is 4.41. The molecular weight excluding hydrogens is 266 g/mol. The Morgan fingerprint density at radius 1 is 1.24 bits per heavy atom. The van der Waals surface area contributed by atoms with Gasteiger partial charge in [0.15, 0.2) is 0 Å². The van der Waals surface area contributed by atoms with Crippen LogP contribution < -0.4 is 0 Å². The van der Waals surface area contributed by atoms with Crippen LogP contribution >= 0.6 is 0 Å². The van der Waals surface area contributed by atoms with Crippen molar-refractivity contribution in [1.82, 2.24) is 4.90 Å². The Kier molecular flexibility index (Phi) is 2.73. The third-order valence-corrected chi connectivity index (χ3v) is 5.56. The highest BCUT2D eigenvalue weighted by Gasteiger charge is 2.55. The molecule has 4 nitrogen and oxygen atoms in total. The lowest BCUT2D eigenvalue weighted by Gasteiger charge is -2.24. The van der Waals surface area contributed by atoms with E-state index >= 15 is 0 Å². The predicted octanol–water partition coefficient (Wildman–Crippen LogP) is 1.92. The van der Waals surface area contributed by atoms with Crippen molar-refractivity contribution < 1.29 is 14.7 Å². The zero-order chi connectivity index (χ0) is 14.7. The van der Waals surface area contributed by atoms with Crippen LogP contribution in [0.15, 0.2) is 18.2 Å². The number of carbonyl (C=O) groups is 2. The fourth-order valence-electron chi connectivity index (χ4n) is 4.27. The van der Waals surface area contributed by atoms with E-state index in [-0.39, 0.29) is 18.2 Å². The van der Waals surface area contributed by atoms with Gasteiger partial charge in [0.1, 0.15) is 0 Å². The van der Waals surface area contributed by atoms with Gasteiger partial charge in [-0.15, -0.1) is 0 Å². The zero-order valence-corrected chi connectivity index (χ0v) is 12.1. The maximum atomic E-state index is 12.2. The van der Waals surface area contributed by atoms with Gasteiger partial charge >= 0.3 is 0 Å². The number of nitrogens with zero attached hydrogens (tertiary/aromatic N) is 1. The van der Waals surface area contributed by atoms with E-state index in [1.807, 2.05) is 12.1 Å². The van der Waals surface area contributed by atoms with Gasteiger partial charge in [0, 0.05) is 12.6 Å². The molecule has 0 saturated heterocycles. The second-order valence-electron chi connectivity index (χ2n) is 6.63. The molecule has 1 heterocycles. The lowest BCUT2D eigenvalue weighted by atomic mass is 9.92. The quantitative estimate of drug-likeness (QED) is 0.845. The highest BCUT2D eigenvalue weighted by molar-refractivity contribution is 6.09. The SMILES string of the molecule is CN1C(=O)Cc2ccc(C(O)C3C4CCCC43)cc2C1=O. The molecular formula is C17H19NO3. The Morgan fingerprint density at radius 3 is 2.67 bits per heavy atom. The van der Waals surface area contributed by atoms with Gasteiger partial charge in [0.05, 0.1) is 12.5 Å². The smallest absolute Gasteiger partial charge is 0.260 e. The standard InChI is InChI=1S/C17H19NO3/c1-18-14(19)8-9-5-6-10(7-13(9)17(18)21)16(20)15-11-3-2-4-12(11)15/h5-7,11-12,15-16,20H,2-4,8H2,1H3. The van der Waals surface area contributed by atoms with Gasteiger partial charge in [-0.25, -0.2) is 0 Å². The van der Waals surface area contributed by atoms with Crippen LogP contribution in [0.2, 0.25) is 0 Å². The molecule has 0 bridgehead atoms. The van der Waals surface area contributed by atoms with Gasteiger partial charge in [0.25, 0.3) is 5.91 Å². The van der Waals surface area contributed by atoms with Crippen LogP contribution in [0.25, 0.3) is 0 Å². The first-order valence-electron chi connectivity index (χ1n) is 7.69. The number of amides is 2. The van der Waals surface area contributed by atoms with Gasteiger partial charge in [-0.2, -0.15) is 0 Å². The Bertz CT molecular complexity index is 629. The van der Waals surface area contributed by atoms with Crippen molar-refractivity contribution in [2.75, 3.05) is 7.05 Å². The third-order valence-electron chi connectivity index (χ3n) is 5.56. The molecule has 1 aromatic rings. The van der Waals surface area contributed by atoms with Crippen molar-refractivity contribution in [3.05, 3.63) is 34.9 Å². The van der Waals surface area contributed by atoms with E-state index in [2.05, 4.69) is 0 Å². The first kappa shape index (κ1) is 13.0. The first-order chi connectivity index (χ1) is 10.1. The molecule has 1 aliphatic heterocycles.